The third-order valence-electron chi connectivity index (χ3n) is 2.67. The molecule has 0 heterocycles. The fourth-order valence-electron chi connectivity index (χ4n) is 1.33. The summed E-state index contributed by atoms with van der Waals surface area (Å²) >= 11 is 0. The number of hydrogen-bond acceptors (Lipinski definition) is 3. The van der Waals surface area contributed by atoms with E-state index in [1.54, 1.807) is 12.1 Å². The quantitative estimate of drug-likeness (QED) is 0.842. The van der Waals surface area contributed by atoms with Crippen LogP contribution in [0.25, 0.3) is 0 Å². The number of rotatable bonds is 5. The van der Waals surface area contributed by atoms with Gasteiger partial charge in [-0.15, -0.1) is 0 Å². The van der Waals surface area contributed by atoms with E-state index in [1.807, 2.05) is 13.8 Å². The van der Waals surface area contributed by atoms with Crippen LogP contribution in [0.15, 0.2) is 29.2 Å². The van der Waals surface area contributed by atoms with E-state index in [9.17, 15) is 13.2 Å². The van der Waals surface area contributed by atoms with Crippen LogP contribution in [0.1, 0.15) is 30.6 Å². The van der Waals surface area contributed by atoms with Crippen LogP contribution in [-0.4, -0.2) is 27.4 Å². The highest BCUT2D eigenvalue weighted by Gasteiger charge is 2.14. The molecule has 2 N–H and O–H groups in total. The van der Waals surface area contributed by atoms with Gasteiger partial charge >= 0.3 is 0 Å². The lowest BCUT2D eigenvalue weighted by atomic mass is 10.2. The first kappa shape index (κ1) is 14.7. The van der Waals surface area contributed by atoms with Gasteiger partial charge in [0.15, 0.2) is 0 Å². The zero-order valence-corrected chi connectivity index (χ0v) is 11.5. The largest absolute Gasteiger partial charge is 0.350 e. The molecule has 0 saturated heterocycles. The second-order valence-electron chi connectivity index (χ2n) is 4.02. The van der Waals surface area contributed by atoms with E-state index in [4.69, 9.17) is 0 Å². The van der Waals surface area contributed by atoms with E-state index in [0.29, 0.717) is 5.56 Å². The first-order valence-electron chi connectivity index (χ1n) is 5.75. The van der Waals surface area contributed by atoms with E-state index in [2.05, 4.69) is 10.0 Å². The molecular formula is C12H18N2O3S. The summed E-state index contributed by atoms with van der Waals surface area (Å²) in [5.41, 5.74) is 0.339. The van der Waals surface area contributed by atoms with Gasteiger partial charge in [0.1, 0.15) is 0 Å². The minimum absolute atomic E-state index is 0.0575. The van der Waals surface area contributed by atoms with Crippen LogP contribution < -0.4 is 10.0 Å². The van der Waals surface area contributed by atoms with E-state index in [-0.39, 0.29) is 16.8 Å². The number of sulfonamides is 1. The summed E-state index contributed by atoms with van der Waals surface area (Å²) in [5.74, 6) is -0.266. The van der Waals surface area contributed by atoms with Crippen LogP contribution >= 0.6 is 0 Å². The maximum atomic E-state index is 11.9. The lowest BCUT2D eigenvalue weighted by molar-refractivity contribution is 0.0939. The Morgan fingerprint density at radius 2 is 2.06 bits per heavy atom. The summed E-state index contributed by atoms with van der Waals surface area (Å²) < 4.78 is 25.4. The molecule has 0 aliphatic heterocycles. The molecule has 0 bridgehead atoms. The number of nitrogens with one attached hydrogen (secondary N) is 2. The van der Waals surface area contributed by atoms with Crippen LogP contribution in [-0.2, 0) is 10.0 Å². The molecular weight excluding hydrogens is 252 g/mol. The molecule has 0 spiro atoms. The summed E-state index contributed by atoms with van der Waals surface area (Å²) in [6.07, 6.45) is 0.820. The van der Waals surface area contributed by atoms with Crippen molar-refractivity contribution >= 4 is 15.9 Å². The van der Waals surface area contributed by atoms with Gasteiger partial charge in [-0.05, 0) is 38.6 Å². The number of benzene rings is 1. The van der Waals surface area contributed by atoms with Gasteiger partial charge in [-0.1, -0.05) is 13.0 Å². The van der Waals surface area contributed by atoms with E-state index >= 15 is 0 Å². The zero-order valence-electron chi connectivity index (χ0n) is 10.7. The first-order valence-corrected chi connectivity index (χ1v) is 7.23. The SMILES string of the molecule is CCC(C)NC(=O)c1cccc(S(=O)(=O)NC)c1. The lowest BCUT2D eigenvalue weighted by Gasteiger charge is -2.12. The average Bonchev–Trinajstić information content (AvgIpc) is 2.38. The second kappa shape index (κ2) is 5.97. The molecule has 5 nitrogen and oxygen atoms in total. The Labute approximate surface area is 108 Å². The van der Waals surface area contributed by atoms with Gasteiger partial charge in [-0.2, -0.15) is 0 Å². The predicted octanol–water partition coefficient (Wildman–Crippen LogP) is 1.12. The van der Waals surface area contributed by atoms with Gasteiger partial charge in [0.25, 0.3) is 5.91 Å². The average molecular weight is 270 g/mol. The third-order valence-corrected chi connectivity index (χ3v) is 4.08. The summed E-state index contributed by atoms with van der Waals surface area (Å²) in [7, 11) is -2.18. The summed E-state index contributed by atoms with van der Waals surface area (Å²) in [6, 6.07) is 6.01. The van der Waals surface area contributed by atoms with E-state index in [1.165, 1.54) is 19.2 Å². The van der Waals surface area contributed by atoms with Gasteiger partial charge < -0.3 is 5.32 Å². The maximum Gasteiger partial charge on any atom is 0.251 e. The highest BCUT2D eigenvalue weighted by molar-refractivity contribution is 7.89. The van der Waals surface area contributed by atoms with Crippen molar-refractivity contribution < 1.29 is 13.2 Å². The normalized spacial score (nSPS) is 13.1. The standard InChI is InChI=1S/C12H18N2O3S/c1-4-9(2)14-12(15)10-6-5-7-11(8-10)18(16,17)13-3/h5-9,13H,4H2,1-3H3,(H,14,15). The van der Waals surface area contributed by atoms with Crippen LogP contribution in [0, 0.1) is 0 Å². The minimum atomic E-state index is -3.52. The Morgan fingerprint density at radius 3 is 2.61 bits per heavy atom. The molecule has 1 atom stereocenters. The van der Waals surface area contributed by atoms with Crippen LogP contribution in [0.4, 0.5) is 0 Å². The monoisotopic (exact) mass is 270 g/mol. The summed E-state index contributed by atoms with van der Waals surface area (Å²) in [5, 5.41) is 2.79. The molecule has 0 radical (unpaired) electrons. The summed E-state index contributed by atoms with van der Waals surface area (Å²) in [4.78, 5) is 11.9. The Kier molecular flexibility index (Phi) is 4.86. The van der Waals surface area contributed by atoms with Gasteiger partial charge in [-0.3, -0.25) is 4.79 Å². The number of carbonyl (C=O) groups excluding carboxylic acids is 1. The molecule has 0 aliphatic rings. The van der Waals surface area contributed by atoms with Crippen molar-refractivity contribution in [3.8, 4) is 0 Å². The molecule has 0 aromatic heterocycles. The first-order chi connectivity index (χ1) is 8.40. The molecule has 0 aliphatic carbocycles. The molecule has 0 fully saturated rings. The molecule has 6 heteroatoms. The Bertz CT molecular complexity index is 526. The molecule has 1 aromatic rings. The fourth-order valence-corrected chi connectivity index (χ4v) is 2.11. The molecule has 1 amide bonds. The van der Waals surface area contributed by atoms with Gasteiger partial charge in [0.05, 0.1) is 4.90 Å². The molecule has 1 unspecified atom stereocenters. The molecule has 18 heavy (non-hydrogen) atoms. The lowest BCUT2D eigenvalue weighted by Crippen LogP contribution is -2.32. The second-order valence-corrected chi connectivity index (χ2v) is 5.90. The third kappa shape index (κ3) is 3.54. The topological polar surface area (TPSA) is 75.3 Å². The Hall–Kier alpha value is -1.40. The van der Waals surface area contributed by atoms with Crippen molar-refractivity contribution in [3.05, 3.63) is 29.8 Å². The van der Waals surface area contributed by atoms with Crippen LogP contribution in [0.3, 0.4) is 0 Å². The Morgan fingerprint density at radius 1 is 1.39 bits per heavy atom. The van der Waals surface area contributed by atoms with Crippen molar-refractivity contribution in [2.24, 2.45) is 0 Å². The summed E-state index contributed by atoms with van der Waals surface area (Å²) in [6.45, 7) is 3.86. The highest BCUT2D eigenvalue weighted by Crippen LogP contribution is 2.11. The Balaban J connectivity index is 2.99. The molecule has 1 rings (SSSR count). The van der Waals surface area contributed by atoms with Crippen molar-refractivity contribution in [1.29, 1.82) is 0 Å². The van der Waals surface area contributed by atoms with Crippen molar-refractivity contribution in [1.82, 2.24) is 10.0 Å². The van der Waals surface area contributed by atoms with Gasteiger partial charge in [0.2, 0.25) is 10.0 Å². The predicted molar refractivity (Wildman–Crippen MR) is 69.9 cm³/mol. The van der Waals surface area contributed by atoms with Crippen LogP contribution in [0.2, 0.25) is 0 Å². The van der Waals surface area contributed by atoms with Gasteiger partial charge in [0, 0.05) is 11.6 Å². The number of hydrogen-bond donors (Lipinski definition) is 2. The van der Waals surface area contributed by atoms with E-state index < -0.39 is 10.0 Å². The molecule has 0 saturated carbocycles. The van der Waals surface area contributed by atoms with Crippen molar-refractivity contribution in [2.45, 2.75) is 31.2 Å². The van der Waals surface area contributed by atoms with E-state index in [0.717, 1.165) is 6.42 Å². The van der Waals surface area contributed by atoms with Crippen molar-refractivity contribution in [3.63, 3.8) is 0 Å². The zero-order chi connectivity index (χ0) is 13.8. The fraction of sp³-hybridized carbons (Fsp3) is 0.417. The van der Waals surface area contributed by atoms with Gasteiger partial charge in [-0.25, -0.2) is 13.1 Å². The molecule has 100 valence electrons. The van der Waals surface area contributed by atoms with Crippen molar-refractivity contribution in [2.75, 3.05) is 7.05 Å². The van der Waals surface area contributed by atoms with Crippen LogP contribution in [0.5, 0.6) is 0 Å². The highest BCUT2D eigenvalue weighted by atomic mass is 32.2. The maximum absolute atomic E-state index is 11.9. The number of carbonyl (C=O) groups is 1. The minimum Gasteiger partial charge on any atom is -0.350 e. The number of amides is 1. The smallest absolute Gasteiger partial charge is 0.251 e. The molecule has 1 aromatic carbocycles.